The normalized spacial score (nSPS) is 21.1. The first-order valence-corrected chi connectivity index (χ1v) is 10.6. The number of carbonyl (C=O) groups is 2. The minimum Gasteiger partial charge on any atom is -0.467 e. The van der Waals surface area contributed by atoms with Crippen LogP contribution in [0, 0.1) is 0 Å². The molecule has 5 heteroatoms. The maximum Gasteiger partial charge on any atom is 0.408 e. The largest absolute Gasteiger partial charge is 0.467 e. The number of nitrogens with one attached hydrogen (secondary N) is 1. The molecule has 1 amide bonds. The summed E-state index contributed by atoms with van der Waals surface area (Å²) in [5.41, 5.74) is 0.602. The maximum atomic E-state index is 12.5. The van der Waals surface area contributed by atoms with Crippen LogP contribution < -0.4 is 5.32 Å². The van der Waals surface area contributed by atoms with E-state index >= 15 is 0 Å². The summed E-state index contributed by atoms with van der Waals surface area (Å²) in [6.07, 6.45) is 9.56. The quantitative estimate of drug-likeness (QED) is 0.365. The van der Waals surface area contributed by atoms with Gasteiger partial charge in [-0.25, -0.2) is 9.59 Å². The summed E-state index contributed by atoms with van der Waals surface area (Å²) in [5, 5.41) is 2.73. The van der Waals surface area contributed by atoms with Gasteiger partial charge in [-0.05, 0) is 51.2 Å². The number of esters is 1. The molecule has 0 heterocycles. The van der Waals surface area contributed by atoms with Crippen molar-refractivity contribution in [2.24, 2.45) is 0 Å². The van der Waals surface area contributed by atoms with E-state index in [2.05, 4.69) is 36.5 Å². The molecule has 0 spiro atoms. The second kappa shape index (κ2) is 9.95. The molecule has 0 aliphatic heterocycles. The van der Waals surface area contributed by atoms with Crippen LogP contribution in [0.2, 0.25) is 0 Å². The van der Waals surface area contributed by atoms with Crippen molar-refractivity contribution in [2.75, 3.05) is 7.11 Å². The number of aryl methyl sites for hydroxylation is 1. The van der Waals surface area contributed by atoms with Crippen LogP contribution in [0.5, 0.6) is 0 Å². The lowest BCUT2D eigenvalue weighted by Gasteiger charge is -2.29. The summed E-state index contributed by atoms with van der Waals surface area (Å²) in [4.78, 5) is 24.8. The summed E-state index contributed by atoms with van der Waals surface area (Å²) in [6, 6.07) is 8.55. The van der Waals surface area contributed by atoms with Crippen molar-refractivity contribution in [1.82, 2.24) is 5.32 Å². The van der Waals surface area contributed by atoms with Gasteiger partial charge in [0.2, 0.25) is 0 Å². The molecule has 0 fully saturated rings. The zero-order valence-corrected chi connectivity index (χ0v) is 18.4. The van der Waals surface area contributed by atoms with Crippen LogP contribution in [0.15, 0.2) is 36.4 Å². The van der Waals surface area contributed by atoms with Crippen molar-refractivity contribution in [2.45, 2.75) is 83.3 Å². The molecular weight excluding hydrogens is 366 g/mol. The Bertz CT molecular complexity index is 717. The zero-order valence-electron chi connectivity index (χ0n) is 18.4. The molecule has 1 aromatic carbocycles. The van der Waals surface area contributed by atoms with Gasteiger partial charge in [0.25, 0.3) is 0 Å². The molecule has 0 bridgehead atoms. The van der Waals surface area contributed by atoms with Crippen LogP contribution in [0.25, 0.3) is 0 Å². The molecule has 1 aromatic rings. The van der Waals surface area contributed by atoms with E-state index in [0.29, 0.717) is 6.42 Å². The van der Waals surface area contributed by atoms with Crippen molar-refractivity contribution in [1.29, 1.82) is 0 Å². The Morgan fingerprint density at radius 3 is 2.41 bits per heavy atom. The number of ether oxygens (including phenoxy) is 2. The highest BCUT2D eigenvalue weighted by Crippen LogP contribution is 2.36. The van der Waals surface area contributed by atoms with E-state index in [-0.39, 0.29) is 5.92 Å². The van der Waals surface area contributed by atoms with E-state index in [4.69, 9.17) is 9.47 Å². The number of carbonyl (C=O) groups excluding carboxylic acids is 2. The van der Waals surface area contributed by atoms with Crippen molar-refractivity contribution in [3.8, 4) is 0 Å². The van der Waals surface area contributed by atoms with Gasteiger partial charge in [0.15, 0.2) is 5.54 Å². The summed E-state index contributed by atoms with van der Waals surface area (Å²) >= 11 is 0. The minimum atomic E-state index is -1.21. The molecule has 0 unspecified atom stereocenters. The van der Waals surface area contributed by atoms with Gasteiger partial charge >= 0.3 is 12.1 Å². The molecule has 1 aliphatic carbocycles. The van der Waals surface area contributed by atoms with E-state index in [1.54, 1.807) is 26.8 Å². The van der Waals surface area contributed by atoms with Gasteiger partial charge in [0.05, 0.1) is 7.11 Å². The molecule has 160 valence electrons. The Balaban J connectivity index is 2.05. The molecule has 2 rings (SSSR count). The van der Waals surface area contributed by atoms with Gasteiger partial charge in [-0.3, -0.25) is 0 Å². The molecule has 1 N–H and O–H groups in total. The zero-order chi connectivity index (χ0) is 21.5. The number of amides is 1. The van der Waals surface area contributed by atoms with Crippen LogP contribution >= 0.6 is 0 Å². The monoisotopic (exact) mass is 401 g/mol. The lowest BCUT2D eigenvalue weighted by atomic mass is 9.90. The lowest BCUT2D eigenvalue weighted by molar-refractivity contribution is -0.146. The molecule has 0 radical (unpaired) electrons. The predicted octanol–water partition coefficient (Wildman–Crippen LogP) is 5.29. The third-order valence-corrected chi connectivity index (χ3v) is 5.16. The maximum absolute atomic E-state index is 12.5. The fraction of sp³-hybridized carbons (Fsp3) is 0.583. The first-order valence-electron chi connectivity index (χ1n) is 10.6. The fourth-order valence-electron chi connectivity index (χ4n) is 3.64. The summed E-state index contributed by atoms with van der Waals surface area (Å²) in [6.45, 7) is 7.58. The molecule has 0 saturated heterocycles. The van der Waals surface area contributed by atoms with Crippen LogP contribution in [-0.4, -0.2) is 30.3 Å². The molecule has 0 aromatic heterocycles. The Morgan fingerprint density at radius 1 is 1.14 bits per heavy atom. The van der Waals surface area contributed by atoms with Gasteiger partial charge in [-0.1, -0.05) is 62.6 Å². The van der Waals surface area contributed by atoms with Gasteiger partial charge in [-0.15, -0.1) is 0 Å². The fourth-order valence-corrected chi connectivity index (χ4v) is 3.64. The van der Waals surface area contributed by atoms with Gasteiger partial charge in [0, 0.05) is 5.92 Å². The number of allylic oxidation sites excluding steroid dienone is 1. The Labute approximate surface area is 174 Å². The number of hydrogen-bond donors (Lipinski definition) is 1. The third kappa shape index (κ3) is 6.62. The predicted molar refractivity (Wildman–Crippen MR) is 115 cm³/mol. The first kappa shape index (κ1) is 23.0. The highest BCUT2D eigenvalue weighted by molar-refractivity contribution is 5.89. The Morgan fingerprint density at radius 2 is 1.83 bits per heavy atom. The van der Waals surface area contributed by atoms with Crippen LogP contribution in [-0.2, 0) is 20.7 Å². The molecule has 29 heavy (non-hydrogen) atoms. The third-order valence-electron chi connectivity index (χ3n) is 5.16. The molecule has 1 aliphatic rings. The van der Waals surface area contributed by atoms with Crippen LogP contribution in [0.3, 0.4) is 0 Å². The van der Waals surface area contributed by atoms with Crippen molar-refractivity contribution >= 4 is 12.1 Å². The highest BCUT2D eigenvalue weighted by atomic mass is 16.6. The number of alkyl carbamates (subject to hydrolysis) is 1. The standard InChI is InChI=1S/C24H35NO4/c1-6-7-8-9-10-18-11-13-19(14-12-18)20-15-16-24(17-20,21(26)28-5)25-22(27)29-23(2,3)4/h11-16,20H,6-10,17H2,1-5H3,(H,25,27)/t20-,24+/m0/s1. The van der Waals surface area contributed by atoms with Crippen molar-refractivity contribution < 1.29 is 19.1 Å². The van der Waals surface area contributed by atoms with E-state index in [1.165, 1.54) is 38.4 Å². The summed E-state index contributed by atoms with van der Waals surface area (Å²) in [7, 11) is 1.33. The minimum absolute atomic E-state index is 0.0261. The summed E-state index contributed by atoms with van der Waals surface area (Å²) < 4.78 is 10.3. The Hall–Kier alpha value is -2.30. The van der Waals surface area contributed by atoms with E-state index < -0.39 is 23.2 Å². The highest BCUT2D eigenvalue weighted by Gasteiger charge is 2.45. The lowest BCUT2D eigenvalue weighted by Crippen LogP contribution is -2.54. The number of benzene rings is 1. The molecule has 5 nitrogen and oxygen atoms in total. The van der Waals surface area contributed by atoms with Crippen molar-refractivity contribution in [3.63, 3.8) is 0 Å². The number of hydrogen-bond acceptors (Lipinski definition) is 4. The van der Waals surface area contributed by atoms with E-state index in [1.807, 2.05) is 6.08 Å². The second-order valence-electron chi connectivity index (χ2n) is 8.81. The second-order valence-corrected chi connectivity index (χ2v) is 8.81. The molecule has 0 saturated carbocycles. The smallest absolute Gasteiger partial charge is 0.408 e. The number of methoxy groups -OCH3 is 1. The topological polar surface area (TPSA) is 64.6 Å². The van der Waals surface area contributed by atoms with Gasteiger partial charge in [-0.2, -0.15) is 0 Å². The van der Waals surface area contributed by atoms with Crippen molar-refractivity contribution in [3.05, 3.63) is 47.5 Å². The average Bonchev–Trinajstić information content (AvgIpc) is 3.08. The number of rotatable bonds is 8. The molecular formula is C24H35NO4. The first-order chi connectivity index (χ1) is 13.7. The van der Waals surface area contributed by atoms with Crippen LogP contribution in [0.1, 0.15) is 76.8 Å². The molecule has 2 atom stereocenters. The average molecular weight is 402 g/mol. The van der Waals surface area contributed by atoms with E-state index in [9.17, 15) is 9.59 Å². The van der Waals surface area contributed by atoms with Crippen LogP contribution in [0.4, 0.5) is 4.79 Å². The SMILES string of the molecule is CCCCCCc1ccc([C@H]2C=C[C@](NC(=O)OC(C)(C)C)(C(=O)OC)C2)cc1. The number of unbranched alkanes of at least 4 members (excludes halogenated alkanes) is 3. The Kier molecular flexibility index (Phi) is 7.88. The summed E-state index contributed by atoms with van der Waals surface area (Å²) in [5.74, 6) is -0.465. The van der Waals surface area contributed by atoms with E-state index in [0.717, 1.165) is 12.0 Å². The van der Waals surface area contributed by atoms with Gasteiger partial charge in [0.1, 0.15) is 5.60 Å². The van der Waals surface area contributed by atoms with Gasteiger partial charge < -0.3 is 14.8 Å².